The van der Waals surface area contributed by atoms with Crippen molar-refractivity contribution in [3.05, 3.63) is 29.8 Å². The van der Waals surface area contributed by atoms with Crippen molar-refractivity contribution in [2.24, 2.45) is 0 Å². The molecule has 0 unspecified atom stereocenters. The van der Waals surface area contributed by atoms with Gasteiger partial charge < -0.3 is 20.7 Å². The first-order valence-electron chi connectivity index (χ1n) is 7.05. The molecule has 0 bridgehead atoms. The van der Waals surface area contributed by atoms with E-state index >= 15 is 0 Å². The van der Waals surface area contributed by atoms with Gasteiger partial charge in [0.1, 0.15) is 0 Å². The standard InChI is InChI=1S/C15H23N3O3.ClH/c1-3-7-17-15(20)12-5-4-6-13(10-12)18-14(19)11-16-8-9-21-2;/h4-6,10,16H,3,7-9,11H2,1-2H3,(H,17,20)(H,18,19);1H. The summed E-state index contributed by atoms with van der Waals surface area (Å²) in [6, 6.07) is 6.88. The van der Waals surface area contributed by atoms with Crippen molar-refractivity contribution in [2.45, 2.75) is 13.3 Å². The minimum absolute atomic E-state index is 0. The van der Waals surface area contributed by atoms with Crippen molar-refractivity contribution in [3.8, 4) is 0 Å². The van der Waals surface area contributed by atoms with Crippen molar-refractivity contribution in [1.29, 1.82) is 0 Å². The summed E-state index contributed by atoms with van der Waals surface area (Å²) in [6.07, 6.45) is 0.884. The molecule has 1 rings (SSSR count). The Morgan fingerprint density at radius 3 is 2.68 bits per heavy atom. The lowest BCUT2D eigenvalue weighted by atomic mass is 10.2. The maximum Gasteiger partial charge on any atom is 0.251 e. The third kappa shape index (κ3) is 7.97. The first-order chi connectivity index (χ1) is 10.2. The molecule has 2 amide bonds. The molecule has 0 fully saturated rings. The predicted molar refractivity (Wildman–Crippen MR) is 89.7 cm³/mol. The SMILES string of the molecule is CCCNC(=O)c1cccc(NC(=O)CNCCOC)c1.Cl. The quantitative estimate of drug-likeness (QED) is 0.599. The highest BCUT2D eigenvalue weighted by Gasteiger charge is 2.07. The second-order valence-corrected chi connectivity index (χ2v) is 4.55. The summed E-state index contributed by atoms with van der Waals surface area (Å²) in [5, 5.41) is 8.50. The normalized spacial score (nSPS) is 9.73. The number of methoxy groups -OCH3 is 1. The van der Waals surface area contributed by atoms with E-state index in [2.05, 4.69) is 16.0 Å². The van der Waals surface area contributed by atoms with Gasteiger partial charge in [-0.05, 0) is 24.6 Å². The molecule has 22 heavy (non-hydrogen) atoms. The minimum Gasteiger partial charge on any atom is -0.383 e. The van der Waals surface area contributed by atoms with Gasteiger partial charge >= 0.3 is 0 Å². The molecule has 0 saturated heterocycles. The zero-order valence-corrected chi connectivity index (χ0v) is 13.8. The molecule has 7 heteroatoms. The molecule has 1 aromatic rings. The van der Waals surface area contributed by atoms with Gasteiger partial charge in [0.05, 0.1) is 13.2 Å². The molecular formula is C15H24ClN3O3. The van der Waals surface area contributed by atoms with Gasteiger partial charge in [-0.1, -0.05) is 13.0 Å². The molecule has 0 spiro atoms. The summed E-state index contributed by atoms with van der Waals surface area (Å²) < 4.78 is 4.88. The van der Waals surface area contributed by atoms with Crippen LogP contribution in [0.25, 0.3) is 0 Å². The van der Waals surface area contributed by atoms with Gasteiger partial charge in [0.25, 0.3) is 5.91 Å². The summed E-state index contributed by atoms with van der Waals surface area (Å²) in [6.45, 7) is 4.01. The van der Waals surface area contributed by atoms with Crippen LogP contribution in [-0.2, 0) is 9.53 Å². The van der Waals surface area contributed by atoms with Crippen molar-refractivity contribution in [1.82, 2.24) is 10.6 Å². The van der Waals surface area contributed by atoms with Crippen LogP contribution in [-0.4, -0.2) is 45.2 Å². The fraction of sp³-hybridized carbons (Fsp3) is 0.467. The highest BCUT2D eigenvalue weighted by molar-refractivity contribution is 5.97. The number of halogens is 1. The largest absolute Gasteiger partial charge is 0.383 e. The first-order valence-corrected chi connectivity index (χ1v) is 7.05. The number of hydrogen-bond donors (Lipinski definition) is 3. The monoisotopic (exact) mass is 329 g/mol. The Morgan fingerprint density at radius 2 is 2.00 bits per heavy atom. The smallest absolute Gasteiger partial charge is 0.251 e. The van der Waals surface area contributed by atoms with Crippen molar-refractivity contribution in [3.63, 3.8) is 0 Å². The van der Waals surface area contributed by atoms with E-state index in [9.17, 15) is 9.59 Å². The average molecular weight is 330 g/mol. The molecule has 3 N–H and O–H groups in total. The topological polar surface area (TPSA) is 79.5 Å². The zero-order chi connectivity index (χ0) is 15.5. The Kier molecular flexibility index (Phi) is 11.1. The summed E-state index contributed by atoms with van der Waals surface area (Å²) >= 11 is 0. The van der Waals surface area contributed by atoms with E-state index in [1.165, 1.54) is 0 Å². The lowest BCUT2D eigenvalue weighted by Crippen LogP contribution is -2.30. The van der Waals surface area contributed by atoms with Crippen LogP contribution in [0.4, 0.5) is 5.69 Å². The number of anilines is 1. The number of amides is 2. The Balaban J connectivity index is 0.00000441. The van der Waals surface area contributed by atoms with Crippen molar-refractivity contribution >= 4 is 29.9 Å². The molecule has 124 valence electrons. The summed E-state index contributed by atoms with van der Waals surface area (Å²) in [5.74, 6) is -0.289. The van der Waals surface area contributed by atoms with E-state index in [1.54, 1.807) is 31.4 Å². The molecular weight excluding hydrogens is 306 g/mol. The van der Waals surface area contributed by atoms with Gasteiger partial charge in [-0.15, -0.1) is 12.4 Å². The number of carbonyl (C=O) groups excluding carboxylic acids is 2. The highest BCUT2D eigenvalue weighted by Crippen LogP contribution is 2.10. The molecule has 1 aromatic carbocycles. The van der Waals surface area contributed by atoms with Crippen LogP contribution >= 0.6 is 12.4 Å². The Labute approximate surface area is 137 Å². The second kappa shape index (κ2) is 12.0. The molecule has 0 heterocycles. The van der Waals surface area contributed by atoms with Crippen LogP contribution in [0.1, 0.15) is 23.7 Å². The lowest BCUT2D eigenvalue weighted by molar-refractivity contribution is -0.115. The summed E-state index contributed by atoms with van der Waals surface area (Å²) in [5.41, 5.74) is 1.14. The Morgan fingerprint density at radius 1 is 1.23 bits per heavy atom. The number of hydrogen-bond acceptors (Lipinski definition) is 4. The van der Waals surface area contributed by atoms with Crippen LogP contribution in [0, 0.1) is 0 Å². The third-order valence-corrected chi connectivity index (χ3v) is 2.71. The molecule has 0 aliphatic carbocycles. The fourth-order valence-corrected chi connectivity index (χ4v) is 1.66. The third-order valence-electron chi connectivity index (χ3n) is 2.71. The maximum atomic E-state index is 11.8. The molecule has 0 saturated carbocycles. The van der Waals surface area contributed by atoms with Crippen molar-refractivity contribution in [2.75, 3.05) is 38.7 Å². The first kappa shape index (κ1) is 20.4. The lowest BCUT2D eigenvalue weighted by Gasteiger charge is -2.08. The van der Waals surface area contributed by atoms with E-state index in [-0.39, 0.29) is 30.8 Å². The molecule has 0 aliphatic rings. The number of benzene rings is 1. The van der Waals surface area contributed by atoms with Crippen LogP contribution in [0.3, 0.4) is 0 Å². The second-order valence-electron chi connectivity index (χ2n) is 4.55. The molecule has 0 aromatic heterocycles. The molecule has 0 atom stereocenters. The van der Waals surface area contributed by atoms with E-state index in [0.29, 0.717) is 30.9 Å². The predicted octanol–water partition coefficient (Wildman–Crippen LogP) is 1.42. The van der Waals surface area contributed by atoms with E-state index in [1.807, 2.05) is 6.92 Å². The maximum absolute atomic E-state index is 11.8. The van der Waals surface area contributed by atoms with Gasteiger partial charge in [0, 0.05) is 31.5 Å². The van der Waals surface area contributed by atoms with E-state index in [0.717, 1.165) is 6.42 Å². The van der Waals surface area contributed by atoms with Gasteiger partial charge in [-0.25, -0.2) is 0 Å². The van der Waals surface area contributed by atoms with Crippen molar-refractivity contribution < 1.29 is 14.3 Å². The highest BCUT2D eigenvalue weighted by atomic mass is 35.5. The fourth-order valence-electron chi connectivity index (χ4n) is 1.66. The zero-order valence-electron chi connectivity index (χ0n) is 13.0. The number of carbonyl (C=O) groups is 2. The van der Waals surface area contributed by atoms with Crippen LogP contribution in [0.15, 0.2) is 24.3 Å². The van der Waals surface area contributed by atoms with Crippen LogP contribution in [0.5, 0.6) is 0 Å². The molecule has 0 aliphatic heterocycles. The van der Waals surface area contributed by atoms with E-state index < -0.39 is 0 Å². The molecule has 6 nitrogen and oxygen atoms in total. The molecule has 0 radical (unpaired) electrons. The number of rotatable bonds is 9. The van der Waals surface area contributed by atoms with Gasteiger partial charge in [0.2, 0.25) is 5.91 Å². The summed E-state index contributed by atoms with van der Waals surface area (Å²) in [7, 11) is 1.61. The van der Waals surface area contributed by atoms with Gasteiger partial charge in [-0.3, -0.25) is 9.59 Å². The minimum atomic E-state index is -0.155. The summed E-state index contributed by atoms with van der Waals surface area (Å²) in [4.78, 5) is 23.5. The number of nitrogens with one attached hydrogen (secondary N) is 3. The Bertz CT molecular complexity index is 469. The Hall–Kier alpha value is -1.63. The average Bonchev–Trinajstić information content (AvgIpc) is 2.49. The van der Waals surface area contributed by atoms with Gasteiger partial charge in [-0.2, -0.15) is 0 Å². The van der Waals surface area contributed by atoms with Crippen LogP contribution in [0.2, 0.25) is 0 Å². The van der Waals surface area contributed by atoms with Crippen LogP contribution < -0.4 is 16.0 Å². The van der Waals surface area contributed by atoms with E-state index in [4.69, 9.17) is 4.74 Å². The van der Waals surface area contributed by atoms with Gasteiger partial charge in [0.15, 0.2) is 0 Å². The number of ether oxygens (including phenoxy) is 1.